The van der Waals surface area contributed by atoms with E-state index in [4.69, 9.17) is 10.8 Å². The van der Waals surface area contributed by atoms with Crippen molar-refractivity contribution >= 4 is 17.6 Å². The number of hydrogen-bond donors (Lipinski definition) is 2. The smallest absolute Gasteiger partial charge is 0.147 e. The summed E-state index contributed by atoms with van der Waals surface area (Å²) in [7, 11) is 0. The van der Waals surface area contributed by atoms with E-state index in [1.807, 2.05) is 6.92 Å². The summed E-state index contributed by atoms with van der Waals surface area (Å²) in [6.45, 7) is 4.12. The lowest BCUT2D eigenvalue weighted by atomic mass is 10.2. The Hall–Kier alpha value is -1.59. The quantitative estimate of drug-likeness (QED) is 0.512. The summed E-state index contributed by atoms with van der Waals surface area (Å²) >= 11 is 1.68. The topological polar surface area (TPSA) is 63.8 Å². The minimum Gasteiger partial charge on any atom is -0.308 e. The van der Waals surface area contributed by atoms with E-state index in [9.17, 15) is 0 Å². The Labute approximate surface area is 123 Å². The maximum Gasteiger partial charge on any atom is 0.147 e. The van der Waals surface area contributed by atoms with Crippen LogP contribution in [0, 0.1) is 13.8 Å². The van der Waals surface area contributed by atoms with Crippen molar-refractivity contribution in [3.8, 4) is 0 Å². The first-order valence-corrected chi connectivity index (χ1v) is 7.59. The molecule has 0 unspecified atom stereocenters. The summed E-state index contributed by atoms with van der Waals surface area (Å²) in [4.78, 5) is 10.5. The van der Waals surface area contributed by atoms with Crippen LogP contribution in [0.25, 0.3) is 0 Å². The van der Waals surface area contributed by atoms with Crippen molar-refractivity contribution in [2.75, 3.05) is 5.43 Å². The summed E-state index contributed by atoms with van der Waals surface area (Å²) in [5.41, 5.74) is 4.95. The minimum atomic E-state index is 0.513. The molecule has 1 fully saturated rings. The van der Waals surface area contributed by atoms with Crippen molar-refractivity contribution in [1.29, 1.82) is 0 Å². The number of rotatable bonds is 4. The summed E-state index contributed by atoms with van der Waals surface area (Å²) in [5, 5.41) is 0.990. The highest BCUT2D eigenvalue weighted by Gasteiger charge is 2.28. The van der Waals surface area contributed by atoms with E-state index in [1.165, 1.54) is 23.3 Å². The van der Waals surface area contributed by atoms with Crippen molar-refractivity contribution in [2.45, 2.75) is 42.5 Å². The Balaban J connectivity index is 1.99. The average molecular weight is 286 g/mol. The zero-order valence-electron chi connectivity index (χ0n) is 11.7. The summed E-state index contributed by atoms with van der Waals surface area (Å²) in [6.07, 6.45) is 2.36. The molecule has 3 rings (SSSR count). The molecule has 1 heterocycles. The molecule has 1 aliphatic rings. The molecular weight excluding hydrogens is 268 g/mol. The zero-order chi connectivity index (χ0) is 14.1. The van der Waals surface area contributed by atoms with Crippen LogP contribution in [0.15, 0.2) is 34.2 Å². The third kappa shape index (κ3) is 2.64. The molecule has 104 valence electrons. The fourth-order valence-corrected chi connectivity index (χ4v) is 3.02. The molecule has 0 bridgehead atoms. The number of nitrogens with two attached hydrogens (primary N) is 1. The molecule has 5 heteroatoms. The maximum absolute atomic E-state index is 5.58. The Bertz CT molecular complexity index is 638. The molecule has 0 aliphatic heterocycles. The van der Waals surface area contributed by atoms with E-state index in [0.29, 0.717) is 5.92 Å². The summed E-state index contributed by atoms with van der Waals surface area (Å²) in [6, 6.07) is 8.33. The number of anilines is 1. The minimum absolute atomic E-state index is 0.513. The predicted octanol–water partition coefficient (Wildman–Crippen LogP) is 3.41. The van der Waals surface area contributed by atoms with Crippen LogP contribution in [0.4, 0.5) is 5.82 Å². The molecule has 0 amide bonds. The third-order valence-electron chi connectivity index (χ3n) is 3.50. The van der Waals surface area contributed by atoms with Crippen LogP contribution in [0.5, 0.6) is 0 Å². The van der Waals surface area contributed by atoms with Gasteiger partial charge in [0.25, 0.3) is 0 Å². The molecule has 4 nitrogen and oxygen atoms in total. The van der Waals surface area contributed by atoms with Crippen LogP contribution in [0.2, 0.25) is 0 Å². The molecule has 2 aromatic rings. The van der Waals surface area contributed by atoms with E-state index in [-0.39, 0.29) is 0 Å². The van der Waals surface area contributed by atoms with Gasteiger partial charge in [-0.2, -0.15) is 0 Å². The van der Waals surface area contributed by atoms with Crippen molar-refractivity contribution in [3.63, 3.8) is 0 Å². The van der Waals surface area contributed by atoms with Gasteiger partial charge >= 0.3 is 0 Å². The molecule has 1 aliphatic carbocycles. The SMILES string of the molecule is Cc1ccccc1Sc1nc(C2CC2)nc(NN)c1C. The molecule has 0 saturated heterocycles. The molecule has 20 heavy (non-hydrogen) atoms. The van der Waals surface area contributed by atoms with Gasteiger partial charge in [-0.3, -0.25) is 0 Å². The second-order valence-corrected chi connectivity index (χ2v) is 6.18. The van der Waals surface area contributed by atoms with Gasteiger partial charge in [-0.25, -0.2) is 15.8 Å². The van der Waals surface area contributed by atoms with Crippen LogP contribution in [0.3, 0.4) is 0 Å². The van der Waals surface area contributed by atoms with E-state index < -0.39 is 0 Å². The van der Waals surface area contributed by atoms with E-state index in [0.717, 1.165) is 22.2 Å². The normalized spacial score (nSPS) is 14.3. The summed E-state index contributed by atoms with van der Waals surface area (Å²) in [5.74, 6) is 7.75. The number of hydrazine groups is 1. The van der Waals surface area contributed by atoms with Gasteiger partial charge in [-0.15, -0.1) is 0 Å². The first kappa shape index (κ1) is 13.4. The average Bonchev–Trinajstić information content (AvgIpc) is 3.28. The maximum atomic E-state index is 5.58. The van der Waals surface area contributed by atoms with Gasteiger partial charge in [0.05, 0.1) is 0 Å². The number of nitrogen functional groups attached to an aromatic ring is 1. The molecule has 1 aromatic heterocycles. The van der Waals surface area contributed by atoms with Gasteiger partial charge < -0.3 is 5.43 Å². The van der Waals surface area contributed by atoms with E-state index in [2.05, 4.69) is 41.6 Å². The van der Waals surface area contributed by atoms with Crippen LogP contribution in [-0.2, 0) is 0 Å². The molecule has 0 radical (unpaired) electrons. The molecular formula is C15H18N4S. The fraction of sp³-hybridized carbons (Fsp3) is 0.333. The largest absolute Gasteiger partial charge is 0.308 e. The molecule has 0 spiro atoms. The summed E-state index contributed by atoms with van der Waals surface area (Å²) < 4.78 is 0. The highest BCUT2D eigenvalue weighted by molar-refractivity contribution is 7.99. The van der Waals surface area contributed by atoms with E-state index in [1.54, 1.807) is 11.8 Å². The Morgan fingerprint density at radius 2 is 1.95 bits per heavy atom. The Morgan fingerprint density at radius 3 is 2.60 bits per heavy atom. The molecule has 1 saturated carbocycles. The predicted molar refractivity (Wildman–Crippen MR) is 81.9 cm³/mol. The second kappa shape index (κ2) is 5.42. The highest BCUT2D eigenvalue weighted by Crippen LogP contribution is 2.41. The van der Waals surface area contributed by atoms with Crippen molar-refractivity contribution in [1.82, 2.24) is 9.97 Å². The van der Waals surface area contributed by atoms with Gasteiger partial charge in [0.15, 0.2) is 0 Å². The standard InChI is InChI=1S/C15H18N4S/c1-9-5-3-4-6-12(9)20-15-10(2)13(19-16)17-14(18-15)11-7-8-11/h3-6,11H,7-8,16H2,1-2H3,(H,17,18,19). The van der Waals surface area contributed by atoms with Gasteiger partial charge in [-0.1, -0.05) is 30.0 Å². The number of nitrogens with one attached hydrogen (secondary N) is 1. The second-order valence-electron chi connectivity index (χ2n) is 5.15. The van der Waals surface area contributed by atoms with Crippen molar-refractivity contribution < 1.29 is 0 Å². The number of aryl methyl sites for hydroxylation is 1. The number of nitrogens with zero attached hydrogens (tertiary/aromatic N) is 2. The fourth-order valence-electron chi connectivity index (χ4n) is 2.05. The lowest BCUT2D eigenvalue weighted by Crippen LogP contribution is -2.13. The van der Waals surface area contributed by atoms with Crippen molar-refractivity contribution in [3.05, 3.63) is 41.2 Å². The lowest BCUT2D eigenvalue weighted by molar-refractivity contribution is 0.862. The molecule has 3 N–H and O–H groups in total. The Morgan fingerprint density at radius 1 is 1.20 bits per heavy atom. The van der Waals surface area contributed by atoms with Crippen molar-refractivity contribution in [2.24, 2.45) is 5.84 Å². The monoisotopic (exact) mass is 286 g/mol. The number of hydrogen-bond acceptors (Lipinski definition) is 5. The van der Waals surface area contributed by atoms with Gasteiger partial charge in [-0.05, 0) is 38.3 Å². The lowest BCUT2D eigenvalue weighted by Gasteiger charge is -2.12. The van der Waals surface area contributed by atoms with Gasteiger partial charge in [0, 0.05) is 16.4 Å². The first-order valence-electron chi connectivity index (χ1n) is 6.77. The number of benzene rings is 1. The first-order chi connectivity index (χ1) is 9.69. The van der Waals surface area contributed by atoms with Gasteiger partial charge in [0.2, 0.25) is 0 Å². The highest BCUT2D eigenvalue weighted by atomic mass is 32.2. The van der Waals surface area contributed by atoms with Crippen LogP contribution < -0.4 is 11.3 Å². The van der Waals surface area contributed by atoms with Gasteiger partial charge in [0.1, 0.15) is 16.7 Å². The van der Waals surface area contributed by atoms with Crippen LogP contribution in [0.1, 0.15) is 35.7 Å². The van der Waals surface area contributed by atoms with E-state index >= 15 is 0 Å². The van der Waals surface area contributed by atoms with Crippen LogP contribution >= 0.6 is 11.8 Å². The molecule has 1 aromatic carbocycles. The van der Waals surface area contributed by atoms with Crippen LogP contribution in [-0.4, -0.2) is 9.97 Å². The zero-order valence-corrected chi connectivity index (χ0v) is 12.5. The molecule has 0 atom stereocenters. The Kier molecular flexibility index (Phi) is 3.63. The third-order valence-corrected chi connectivity index (χ3v) is 4.77. The number of aromatic nitrogens is 2.